The second kappa shape index (κ2) is 8.84. The minimum absolute atomic E-state index is 0.403. The minimum atomic E-state index is -1.79. The van der Waals surface area contributed by atoms with Crippen LogP contribution in [0.15, 0.2) is 0 Å². The highest BCUT2D eigenvalue weighted by molar-refractivity contribution is 5.79. The van der Waals surface area contributed by atoms with Crippen molar-refractivity contribution in [1.82, 2.24) is 0 Å². The highest BCUT2D eigenvalue weighted by Gasteiger charge is 2.20. The summed E-state index contributed by atoms with van der Waals surface area (Å²) in [6.07, 6.45) is -2.54. The first kappa shape index (κ1) is 18.1. The van der Waals surface area contributed by atoms with Gasteiger partial charge in [0.15, 0.2) is 6.10 Å². The molecule has 0 amide bonds. The Bertz CT molecular complexity index is 231. The van der Waals surface area contributed by atoms with Crippen molar-refractivity contribution in [3.8, 4) is 0 Å². The van der Waals surface area contributed by atoms with Gasteiger partial charge in [0, 0.05) is 0 Å². The van der Waals surface area contributed by atoms with E-state index in [2.05, 4.69) is 0 Å². The molecule has 102 valence electrons. The van der Waals surface area contributed by atoms with Crippen LogP contribution in [0, 0.1) is 0 Å². The van der Waals surface area contributed by atoms with E-state index >= 15 is 0 Å². The summed E-state index contributed by atoms with van der Waals surface area (Å²) < 4.78 is 0. The monoisotopic (exact) mass is 255 g/mol. The molecule has 1 atom stereocenters. The van der Waals surface area contributed by atoms with E-state index in [4.69, 9.17) is 36.4 Å². The fourth-order valence-electron chi connectivity index (χ4n) is 0.403. The van der Waals surface area contributed by atoms with Gasteiger partial charge in [-0.2, -0.15) is 0 Å². The van der Waals surface area contributed by atoms with Gasteiger partial charge < -0.3 is 36.4 Å². The maximum atomic E-state index is 9.72. The lowest BCUT2D eigenvalue weighted by Gasteiger charge is -2.20. The molecule has 9 nitrogen and oxygen atoms in total. The second-order valence-electron chi connectivity index (χ2n) is 3.29. The molecule has 0 aromatic carbocycles. The van der Waals surface area contributed by atoms with Gasteiger partial charge in [-0.25, -0.2) is 4.79 Å². The Kier molecular flexibility index (Phi) is 9.42. The van der Waals surface area contributed by atoms with E-state index < -0.39 is 49.8 Å². The van der Waals surface area contributed by atoms with Crippen molar-refractivity contribution in [1.29, 1.82) is 0 Å². The van der Waals surface area contributed by atoms with Crippen LogP contribution < -0.4 is 5.73 Å². The molecule has 0 saturated heterocycles. The zero-order chi connectivity index (χ0) is 14.1. The van der Waals surface area contributed by atoms with Gasteiger partial charge in [-0.1, -0.05) is 0 Å². The summed E-state index contributed by atoms with van der Waals surface area (Å²) in [6.45, 7) is -1.21. The predicted molar refractivity (Wildman–Crippen MR) is 54.1 cm³/mol. The van der Waals surface area contributed by atoms with Crippen molar-refractivity contribution >= 4 is 11.9 Å². The molecule has 0 aromatic rings. The molecule has 0 rings (SSSR count). The summed E-state index contributed by atoms with van der Waals surface area (Å²) in [6, 6.07) is 0. The molecular formula is C8H17NO8. The summed E-state index contributed by atoms with van der Waals surface area (Å²) >= 11 is 0. The quantitative estimate of drug-likeness (QED) is 0.254. The van der Waals surface area contributed by atoms with Crippen LogP contribution in [0.25, 0.3) is 0 Å². The number of carboxylic acid groups (broad SMARTS) is 2. The molecule has 0 aliphatic carbocycles. The Morgan fingerprint density at radius 3 is 1.47 bits per heavy atom. The standard InChI is InChI=1S/C4H11NO3.C4H6O5/c5-4(1-6,2-7)3-8;5-2(4(8)9)1-3(6)7/h6-8H,1-3,5H2;2,5H,1H2,(H,6,7)(H,8,9). The molecule has 0 heterocycles. The van der Waals surface area contributed by atoms with E-state index in [-0.39, 0.29) is 0 Å². The van der Waals surface area contributed by atoms with Gasteiger partial charge in [-0.05, 0) is 0 Å². The van der Waals surface area contributed by atoms with Gasteiger partial charge in [-0.3, -0.25) is 4.79 Å². The zero-order valence-electron chi connectivity index (χ0n) is 8.98. The smallest absolute Gasteiger partial charge is 0.333 e. The third-order valence-corrected chi connectivity index (χ3v) is 1.60. The number of carboxylic acids is 2. The minimum Gasteiger partial charge on any atom is -0.481 e. The summed E-state index contributed by atoms with van der Waals surface area (Å²) in [5, 5.41) is 49.2. The summed E-state index contributed by atoms with van der Waals surface area (Å²) in [5.74, 6) is -2.85. The van der Waals surface area contributed by atoms with E-state index in [1.54, 1.807) is 0 Å². The van der Waals surface area contributed by atoms with Crippen LogP contribution in [0.1, 0.15) is 6.42 Å². The van der Waals surface area contributed by atoms with Crippen molar-refractivity contribution in [2.45, 2.75) is 18.1 Å². The Hall–Kier alpha value is -1.26. The summed E-state index contributed by atoms with van der Waals surface area (Å²) in [7, 11) is 0. The lowest BCUT2D eigenvalue weighted by molar-refractivity contribution is -0.152. The van der Waals surface area contributed by atoms with Gasteiger partial charge in [0.1, 0.15) is 0 Å². The molecule has 0 aromatic heterocycles. The van der Waals surface area contributed by atoms with E-state index in [1.807, 2.05) is 0 Å². The first-order chi connectivity index (χ1) is 7.72. The molecule has 1 unspecified atom stereocenters. The average Bonchev–Trinajstić information content (AvgIpc) is 2.28. The zero-order valence-corrected chi connectivity index (χ0v) is 8.98. The van der Waals surface area contributed by atoms with Crippen LogP contribution in [-0.2, 0) is 9.59 Å². The number of aliphatic hydroxyl groups is 4. The molecule has 0 aliphatic heterocycles. The molecule has 0 fully saturated rings. The molecule has 0 bridgehead atoms. The van der Waals surface area contributed by atoms with Crippen LogP contribution in [-0.4, -0.2) is 74.0 Å². The lowest BCUT2D eigenvalue weighted by Crippen LogP contribution is -2.50. The highest BCUT2D eigenvalue weighted by atomic mass is 16.4. The molecule has 0 spiro atoms. The number of hydrogen-bond acceptors (Lipinski definition) is 7. The third-order valence-electron chi connectivity index (χ3n) is 1.60. The van der Waals surface area contributed by atoms with Crippen molar-refractivity contribution in [3.05, 3.63) is 0 Å². The first-order valence-electron chi connectivity index (χ1n) is 4.46. The fourth-order valence-corrected chi connectivity index (χ4v) is 0.403. The highest BCUT2D eigenvalue weighted by Crippen LogP contribution is 1.93. The van der Waals surface area contributed by atoms with Crippen molar-refractivity contribution < 1.29 is 40.2 Å². The number of aliphatic carboxylic acids is 2. The third kappa shape index (κ3) is 9.66. The molecule has 0 aliphatic rings. The van der Waals surface area contributed by atoms with E-state index in [0.717, 1.165) is 0 Å². The Morgan fingerprint density at radius 2 is 1.41 bits per heavy atom. The molecular weight excluding hydrogens is 238 g/mol. The molecule has 8 N–H and O–H groups in total. The average molecular weight is 255 g/mol. The maximum Gasteiger partial charge on any atom is 0.333 e. The fraction of sp³-hybridized carbons (Fsp3) is 0.750. The van der Waals surface area contributed by atoms with Gasteiger partial charge in [-0.15, -0.1) is 0 Å². The summed E-state index contributed by atoms with van der Waals surface area (Å²) in [4.78, 5) is 19.4. The predicted octanol–water partition coefficient (Wildman–Crippen LogP) is -3.43. The van der Waals surface area contributed by atoms with Crippen molar-refractivity contribution in [3.63, 3.8) is 0 Å². The van der Waals surface area contributed by atoms with Crippen molar-refractivity contribution in [2.24, 2.45) is 5.73 Å². The van der Waals surface area contributed by atoms with Gasteiger partial charge >= 0.3 is 11.9 Å². The van der Waals surface area contributed by atoms with Crippen LogP contribution in [0.4, 0.5) is 0 Å². The van der Waals surface area contributed by atoms with E-state index in [0.29, 0.717) is 0 Å². The number of carbonyl (C=O) groups is 2. The van der Waals surface area contributed by atoms with Gasteiger partial charge in [0.05, 0.1) is 31.8 Å². The topological polar surface area (TPSA) is 182 Å². The van der Waals surface area contributed by atoms with E-state index in [1.165, 1.54) is 0 Å². The molecule has 17 heavy (non-hydrogen) atoms. The normalized spacial score (nSPS) is 12.3. The molecule has 0 saturated carbocycles. The lowest BCUT2D eigenvalue weighted by atomic mass is 10.1. The molecule has 9 heteroatoms. The number of rotatable bonds is 6. The SMILES string of the molecule is NC(CO)(CO)CO.O=C(O)CC(O)C(=O)O. The maximum absolute atomic E-state index is 9.72. The van der Waals surface area contributed by atoms with Gasteiger partial charge in [0.25, 0.3) is 0 Å². The Morgan fingerprint density at radius 1 is 1.06 bits per heavy atom. The summed E-state index contributed by atoms with van der Waals surface area (Å²) in [5.41, 5.74) is 3.94. The first-order valence-corrected chi connectivity index (χ1v) is 4.46. The van der Waals surface area contributed by atoms with Crippen LogP contribution >= 0.6 is 0 Å². The Labute approximate surface area is 96.7 Å². The van der Waals surface area contributed by atoms with Crippen molar-refractivity contribution in [2.75, 3.05) is 19.8 Å². The largest absolute Gasteiger partial charge is 0.481 e. The Balaban J connectivity index is 0. The second-order valence-corrected chi connectivity index (χ2v) is 3.29. The van der Waals surface area contributed by atoms with Crippen LogP contribution in [0.3, 0.4) is 0 Å². The molecule has 0 radical (unpaired) electrons. The van der Waals surface area contributed by atoms with Crippen LogP contribution in [0.2, 0.25) is 0 Å². The van der Waals surface area contributed by atoms with Gasteiger partial charge in [0.2, 0.25) is 0 Å². The van der Waals surface area contributed by atoms with Crippen LogP contribution in [0.5, 0.6) is 0 Å². The van der Waals surface area contributed by atoms with E-state index in [9.17, 15) is 9.59 Å². The number of nitrogens with two attached hydrogens (primary N) is 1. The number of hydrogen-bond donors (Lipinski definition) is 7. The number of aliphatic hydroxyl groups excluding tert-OH is 4.